The van der Waals surface area contributed by atoms with Crippen LogP contribution in [-0.2, 0) is 25.8 Å². The Balaban J connectivity index is 1.43. The van der Waals surface area contributed by atoms with E-state index in [1.807, 2.05) is 22.8 Å². The van der Waals surface area contributed by atoms with Crippen LogP contribution in [0.5, 0.6) is 0 Å². The number of nitrogens with zero attached hydrogens (tertiary/aromatic N) is 5. The first kappa shape index (κ1) is 25.7. The van der Waals surface area contributed by atoms with Crippen LogP contribution in [-0.4, -0.2) is 57.8 Å². The van der Waals surface area contributed by atoms with E-state index in [0.717, 1.165) is 3.97 Å². The minimum atomic E-state index is -3.90. The molecule has 3 aromatic heterocycles. The molecule has 0 saturated carbocycles. The first-order valence-electron chi connectivity index (χ1n) is 12.5. The van der Waals surface area contributed by atoms with Crippen molar-refractivity contribution in [1.82, 2.24) is 22.8 Å². The van der Waals surface area contributed by atoms with E-state index >= 15 is 0 Å². The van der Waals surface area contributed by atoms with E-state index in [0.29, 0.717) is 40.8 Å². The lowest BCUT2D eigenvalue weighted by atomic mass is 10.2. The number of hydrogen-bond donors (Lipinski definition) is 1. The van der Waals surface area contributed by atoms with Gasteiger partial charge in [-0.05, 0) is 37.1 Å². The molecule has 2 atom stereocenters. The predicted molar refractivity (Wildman–Crippen MR) is 147 cm³/mol. The smallest absolute Gasteiger partial charge is 0.269 e. The molecular weight excluding hydrogens is 538 g/mol. The number of rotatable bonds is 7. The number of aromatic nitrogens is 4. The van der Waals surface area contributed by atoms with Crippen molar-refractivity contribution in [3.05, 3.63) is 90.5 Å². The average molecular weight is 566 g/mol. The molecule has 4 heterocycles. The Morgan fingerprint density at radius 2 is 1.69 bits per heavy atom. The molecule has 0 aliphatic carbocycles. The molecule has 0 radical (unpaired) electrons. The molecule has 6 rings (SSSR count). The second-order valence-electron chi connectivity index (χ2n) is 9.72. The minimum Gasteiger partial charge on any atom is -0.385 e. The number of aliphatic hydroxyl groups excluding tert-OH is 1. The number of sulfonamides is 1. The molecule has 2 aromatic carbocycles. The van der Waals surface area contributed by atoms with Crippen LogP contribution < -0.4 is 0 Å². The van der Waals surface area contributed by atoms with Crippen molar-refractivity contribution in [3.8, 4) is 0 Å². The van der Waals surface area contributed by atoms with Crippen LogP contribution in [0.15, 0.2) is 84.0 Å². The van der Waals surface area contributed by atoms with Gasteiger partial charge in [0.05, 0.1) is 28.4 Å². The van der Waals surface area contributed by atoms with Crippen LogP contribution in [0.4, 0.5) is 0 Å². The van der Waals surface area contributed by atoms with E-state index in [-0.39, 0.29) is 28.9 Å². The van der Waals surface area contributed by atoms with Gasteiger partial charge < -0.3 is 9.67 Å². The van der Waals surface area contributed by atoms with E-state index in [1.165, 1.54) is 28.8 Å². The van der Waals surface area contributed by atoms with Crippen molar-refractivity contribution < 1.29 is 21.9 Å². The van der Waals surface area contributed by atoms with Gasteiger partial charge in [-0.3, -0.25) is 0 Å². The maximum Gasteiger partial charge on any atom is 0.269 e. The molecule has 1 aliphatic heterocycles. The Bertz CT molecular complexity index is 1880. The Labute approximate surface area is 226 Å². The summed E-state index contributed by atoms with van der Waals surface area (Å²) in [5, 5.41) is 11.2. The third-order valence-electron chi connectivity index (χ3n) is 7.11. The molecule has 0 spiro atoms. The van der Waals surface area contributed by atoms with E-state index in [4.69, 9.17) is 0 Å². The van der Waals surface area contributed by atoms with Crippen LogP contribution in [0.1, 0.15) is 36.9 Å². The topological polar surface area (TPSA) is 127 Å². The number of hydrogen-bond acceptors (Lipinski definition) is 7. The summed E-state index contributed by atoms with van der Waals surface area (Å²) in [7, 11) is -7.47. The highest BCUT2D eigenvalue weighted by Gasteiger charge is 2.35. The lowest BCUT2D eigenvalue weighted by Crippen LogP contribution is -2.30. The Morgan fingerprint density at radius 3 is 2.38 bits per heavy atom. The maximum atomic E-state index is 13.4. The highest BCUT2D eigenvalue weighted by molar-refractivity contribution is 7.90. The van der Waals surface area contributed by atoms with Crippen molar-refractivity contribution in [2.45, 2.75) is 36.1 Å². The minimum absolute atomic E-state index is 0.0944. The fourth-order valence-corrected chi connectivity index (χ4v) is 8.18. The molecule has 1 unspecified atom stereocenters. The summed E-state index contributed by atoms with van der Waals surface area (Å²) in [6, 6.07) is 18.5. The van der Waals surface area contributed by atoms with Crippen LogP contribution >= 0.6 is 0 Å². The summed E-state index contributed by atoms with van der Waals surface area (Å²) < 4.78 is 57.7. The van der Waals surface area contributed by atoms with E-state index in [9.17, 15) is 21.9 Å². The predicted octanol–water partition coefficient (Wildman–Crippen LogP) is 3.45. The summed E-state index contributed by atoms with van der Waals surface area (Å²) in [6.07, 6.45) is 2.55. The van der Waals surface area contributed by atoms with Crippen LogP contribution in [0, 0.1) is 0 Å². The largest absolute Gasteiger partial charge is 0.385 e. The molecule has 1 N–H and O–H groups in total. The van der Waals surface area contributed by atoms with E-state index < -0.39 is 26.2 Å². The Hall–Kier alpha value is -3.58. The molecule has 0 bridgehead atoms. The van der Waals surface area contributed by atoms with Crippen molar-refractivity contribution in [1.29, 1.82) is 0 Å². The first-order chi connectivity index (χ1) is 18.7. The maximum absolute atomic E-state index is 13.4. The zero-order valence-electron chi connectivity index (χ0n) is 21.1. The van der Waals surface area contributed by atoms with E-state index in [1.54, 1.807) is 43.3 Å². The van der Waals surface area contributed by atoms with Gasteiger partial charge in [-0.25, -0.2) is 30.8 Å². The fourth-order valence-electron chi connectivity index (χ4n) is 5.28. The normalized spacial score (nSPS) is 17.7. The lowest BCUT2D eigenvalue weighted by molar-refractivity contribution is 0.182. The van der Waals surface area contributed by atoms with Crippen molar-refractivity contribution in [2.24, 2.45) is 0 Å². The molecule has 202 valence electrons. The number of benzene rings is 2. The van der Waals surface area contributed by atoms with Crippen molar-refractivity contribution in [3.63, 3.8) is 0 Å². The molecule has 12 heteroatoms. The van der Waals surface area contributed by atoms with Gasteiger partial charge in [-0.1, -0.05) is 48.5 Å². The van der Waals surface area contributed by atoms with Gasteiger partial charge in [0, 0.05) is 24.7 Å². The number of pyridine rings is 1. The quantitative estimate of drug-likeness (QED) is 0.320. The lowest BCUT2D eigenvalue weighted by Gasteiger charge is -2.20. The van der Waals surface area contributed by atoms with Gasteiger partial charge in [-0.2, -0.15) is 4.31 Å². The SMILES string of the molecule is C[C@@H](O)c1nc2cnc3c(ccn3S(=O)(=O)c3ccccc3)c2n1C1CCN(S(=O)(=O)Cc2ccccc2)C1. The Kier molecular flexibility index (Phi) is 6.29. The zero-order valence-corrected chi connectivity index (χ0v) is 22.8. The van der Waals surface area contributed by atoms with Gasteiger partial charge >= 0.3 is 0 Å². The number of fused-ring (bicyclic) bond motifs is 3. The first-order valence-corrected chi connectivity index (χ1v) is 15.6. The van der Waals surface area contributed by atoms with Gasteiger partial charge in [0.25, 0.3) is 10.0 Å². The van der Waals surface area contributed by atoms with Crippen LogP contribution in [0.3, 0.4) is 0 Å². The summed E-state index contributed by atoms with van der Waals surface area (Å²) in [5.74, 6) is 0.285. The summed E-state index contributed by atoms with van der Waals surface area (Å²) in [5.41, 5.74) is 2.06. The Morgan fingerprint density at radius 1 is 1.00 bits per heavy atom. The summed E-state index contributed by atoms with van der Waals surface area (Å²) in [4.78, 5) is 9.17. The van der Waals surface area contributed by atoms with Gasteiger partial charge in [0.2, 0.25) is 10.0 Å². The van der Waals surface area contributed by atoms with E-state index in [2.05, 4.69) is 9.97 Å². The highest BCUT2D eigenvalue weighted by atomic mass is 32.2. The summed E-state index contributed by atoms with van der Waals surface area (Å²) >= 11 is 0. The number of imidazole rings is 1. The summed E-state index contributed by atoms with van der Waals surface area (Å²) in [6.45, 7) is 2.15. The van der Waals surface area contributed by atoms with Gasteiger partial charge in [-0.15, -0.1) is 0 Å². The molecule has 1 fully saturated rings. The van der Waals surface area contributed by atoms with Crippen LogP contribution in [0.2, 0.25) is 0 Å². The second kappa shape index (κ2) is 9.56. The molecule has 1 saturated heterocycles. The number of aliphatic hydroxyl groups is 1. The monoisotopic (exact) mass is 565 g/mol. The van der Waals surface area contributed by atoms with Crippen LogP contribution in [0.25, 0.3) is 22.1 Å². The zero-order chi connectivity index (χ0) is 27.4. The van der Waals surface area contributed by atoms with Gasteiger partial charge in [0.1, 0.15) is 17.4 Å². The average Bonchev–Trinajstić information content (AvgIpc) is 3.66. The second-order valence-corrected chi connectivity index (χ2v) is 13.5. The third-order valence-corrected chi connectivity index (χ3v) is 10.6. The third kappa shape index (κ3) is 4.42. The van der Waals surface area contributed by atoms with Gasteiger partial charge in [0.15, 0.2) is 5.65 Å². The molecule has 5 aromatic rings. The highest BCUT2D eigenvalue weighted by Crippen LogP contribution is 2.36. The fraction of sp³-hybridized carbons (Fsp3) is 0.259. The van der Waals surface area contributed by atoms with Crippen molar-refractivity contribution in [2.75, 3.05) is 13.1 Å². The molecule has 1 aliphatic rings. The molecule has 10 nitrogen and oxygen atoms in total. The molecule has 0 amide bonds. The molecular formula is C27H27N5O5S2. The standard InChI is InChI=1S/C27H27N5O5S2/c1-19(33)26-29-24-16-28-27-23(13-15-31(27)39(36,37)22-10-6-3-7-11-22)25(24)32(26)21-12-14-30(17-21)38(34,35)18-20-8-4-2-5-9-20/h2-11,13,15-16,19,21,33H,12,14,17-18H2,1H3/t19-,21?/m1/s1. The molecule has 39 heavy (non-hydrogen) atoms. The van der Waals surface area contributed by atoms with Crippen molar-refractivity contribution >= 4 is 42.1 Å².